The van der Waals surface area contributed by atoms with Crippen molar-refractivity contribution in [3.63, 3.8) is 0 Å². The van der Waals surface area contributed by atoms with Crippen LogP contribution in [0, 0.1) is 0 Å². The van der Waals surface area contributed by atoms with Gasteiger partial charge in [-0.25, -0.2) is 14.0 Å². The first-order chi connectivity index (χ1) is 11.2. The molecular formula is C17H23FN2O4. The molecule has 0 saturated carbocycles. The lowest BCUT2D eigenvalue weighted by molar-refractivity contribution is 0.0281. The van der Waals surface area contributed by atoms with Crippen LogP contribution in [0.2, 0.25) is 0 Å². The van der Waals surface area contributed by atoms with Gasteiger partial charge in [0.2, 0.25) is 0 Å². The number of nitrogens with zero attached hydrogens (tertiary/aromatic N) is 1. The van der Waals surface area contributed by atoms with Gasteiger partial charge in [0.05, 0.1) is 12.6 Å². The Bertz CT molecular complexity index is 574. The fourth-order valence-electron chi connectivity index (χ4n) is 2.29. The Hall–Kier alpha value is -2.31. The molecule has 2 rings (SSSR count). The number of ether oxygens (including phenoxy) is 2. The standard InChI is InChI=1S/C17H23FN2O4/c1-17(2,3)24-16(22)20-9-13(18)14(10-20)19-15(21)23-11-12-7-5-4-6-8-12/h4-8,13-14H,9-11H2,1-3H3,(H,19,21)/t13-,14-/m0/s1. The van der Waals surface area contributed by atoms with Crippen LogP contribution in [0.25, 0.3) is 0 Å². The van der Waals surface area contributed by atoms with Crippen molar-refractivity contribution in [3.8, 4) is 0 Å². The number of benzene rings is 1. The molecule has 6 nitrogen and oxygen atoms in total. The van der Waals surface area contributed by atoms with Crippen LogP contribution in [-0.4, -0.2) is 48.0 Å². The lowest BCUT2D eigenvalue weighted by Gasteiger charge is -2.24. The molecule has 0 radical (unpaired) electrons. The molecule has 7 heteroatoms. The Balaban J connectivity index is 1.80. The summed E-state index contributed by atoms with van der Waals surface area (Å²) in [5.74, 6) is 0. The highest BCUT2D eigenvalue weighted by molar-refractivity contribution is 5.70. The third-order valence-electron chi connectivity index (χ3n) is 3.42. The molecule has 1 N–H and O–H groups in total. The Kier molecular flexibility index (Phi) is 5.64. The summed E-state index contributed by atoms with van der Waals surface area (Å²) in [6.07, 6.45) is -2.66. The van der Waals surface area contributed by atoms with Crippen LogP contribution in [0.5, 0.6) is 0 Å². The van der Waals surface area contributed by atoms with Crippen LogP contribution < -0.4 is 5.32 Å². The van der Waals surface area contributed by atoms with Crippen LogP contribution in [-0.2, 0) is 16.1 Å². The fraction of sp³-hybridized carbons (Fsp3) is 0.529. The topological polar surface area (TPSA) is 67.9 Å². The number of carbonyl (C=O) groups is 2. The molecule has 1 heterocycles. The van der Waals surface area contributed by atoms with E-state index in [1.165, 1.54) is 4.90 Å². The predicted molar refractivity (Wildman–Crippen MR) is 86.3 cm³/mol. The fourth-order valence-corrected chi connectivity index (χ4v) is 2.29. The second kappa shape index (κ2) is 7.51. The molecule has 1 aromatic rings. The molecule has 0 bridgehead atoms. The van der Waals surface area contributed by atoms with Gasteiger partial charge in [0, 0.05) is 6.54 Å². The van der Waals surface area contributed by atoms with E-state index in [9.17, 15) is 14.0 Å². The number of alkyl halides is 1. The van der Waals surface area contributed by atoms with Gasteiger partial charge in [-0.15, -0.1) is 0 Å². The number of alkyl carbamates (subject to hydrolysis) is 1. The van der Waals surface area contributed by atoms with Crippen molar-refractivity contribution in [3.05, 3.63) is 35.9 Å². The van der Waals surface area contributed by atoms with Crippen molar-refractivity contribution in [1.29, 1.82) is 0 Å². The summed E-state index contributed by atoms with van der Waals surface area (Å²) in [7, 11) is 0. The summed E-state index contributed by atoms with van der Waals surface area (Å²) in [6, 6.07) is 8.38. The van der Waals surface area contributed by atoms with Gasteiger partial charge in [-0.05, 0) is 26.3 Å². The van der Waals surface area contributed by atoms with Crippen molar-refractivity contribution >= 4 is 12.2 Å². The molecule has 1 saturated heterocycles. The molecule has 132 valence electrons. The van der Waals surface area contributed by atoms with Crippen LogP contribution >= 0.6 is 0 Å². The predicted octanol–water partition coefficient (Wildman–Crippen LogP) is 2.87. The zero-order valence-corrected chi connectivity index (χ0v) is 14.1. The minimum atomic E-state index is -1.36. The molecule has 1 fully saturated rings. The summed E-state index contributed by atoms with van der Waals surface area (Å²) in [5, 5.41) is 2.46. The SMILES string of the molecule is CC(C)(C)OC(=O)N1C[C@H](NC(=O)OCc2ccccc2)[C@@H](F)C1. The van der Waals surface area contributed by atoms with Crippen LogP contribution in [0.4, 0.5) is 14.0 Å². The average molecular weight is 338 g/mol. The molecule has 1 aliphatic heterocycles. The molecule has 0 unspecified atom stereocenters. The zero-order chi connectivity index (χ0) is 17.7. The van der Waals surface area contributed by atoms with E-state index in [4.69, 9.17) is 9.47 Å². The largest absolute Gasteiger partial charge is 0.445 e. The molecule has 0 spiro atoms. The summed E-state index contributed by atoms with van der Waals surface area (Å²) >= 11 is 0. The van der Waals surface area contributed by atoms with Crippen LogP contribution in [0.3, 0.4) is 0 Å². The highest BCUT2D eigenvalue weighted by atomic mass is 19.1. The van der Waals surface area contributed by atoms with E-state index in [1.807, 2.05) is 30.3 Å². The van der Waals surface area contributed by atoms with Gasteiger partial charge >= 0.3 is 12.2 Å². The normalized spacial score (nSPS) is 20.6. The van der Waals surface area contributed by atoms with Gasteiger partial charge < -0.3 is 19.7 Å². The Morgan fingerprint density at radius 3 is 2.54 bits per heavy atom. The first-order valence-electron chi connectivity index (χ1n) is 7.84. The van der Waals surface area contributed by atoms with E-state index in [1.54, 1.807) is 20.8 Å². The first-order valence-corrected chi connectivity index (χ1v) is 7.84. The highest BCUT2D eigenvalue weighted by Crippen LogP contribution is 2.18. The number of hydrogen-bond acceptors (Lipinski definition) is 4. The van der Waals surface area contributed by atoms with Crippen molar-refractivity contribution in [1.82, 2.24) is 10.2 Å². The molecular weight excluding hydrogens is 315 g/mol. The Morgan fingerprint density at radius 2 is 1.92 bits per heavy atom. The van der Waals surface area contributed by atoms with E-state index < -0.39 is 30.0 Å². The molecule has 0 aliphatic carbocycles. The monoisotopic (exact) mass is 338 g/mol. The lowest BCUT2D eigenvalue weighted by atomic mass is 10.2. The summed E-state index contributed by atoms with van der Waals surface area (Å²) in [6.45, 7) is 5.26. The molecule has 2 amide bonds. The third kappa shape index (κ3) is 5.40. The average Bonchev–Trinajstić information content (AvgIpc) is 2.86. The minimum Gasteiger partial charge on any atom is -0.445 e. The Morgan fingerprint density at radius 1 is 1.25 bits per heavy atom. The van der Waals surface area contributed by atoms with Gasteiger partial charge in [-0.2, -0.15) is 0 Å². The molecule has 1 aromatic carbocycles. The van der Waals surface area contributed by atoms with E-state index in [-0.39, 0.29) is 19.7 Å². The van der Waals surface area contributed by atoms with Gasteiger partial charge in [0.1, 0.15) is 18.4 Å². The molecule has 24 heavy (non-hydrogen) atoms. The summed E-state index contributed by atoms with van der Waals surface area (Å²) in [5.41, 5.74) is 0.189. The van der Waals surface area contributed by atoms with E-state index >= 15 is 0 Å². The maximum atomic E-state index is 14.0. The molecule has 1 aliphatic rings. The maximum Gasteiger partial charge on any atom is 0.410 e. The van der Waals surface area contributed by atoms with Crippen molar-refractivity contribution < 1.29 is 23.5 Å². The number of likely N-dealkylation sites (tertiary alicyclic amines) is 1. The number of nitrogens with one attached hydrogen (secondary N) is 1. The third-order valence-corrected chi connectivity index (χ3v) is 3.42. The molecule has 2 atom stereocenters. The second-order valence-electron chi connectivity index (χ2n) is 6.71. The minimum absolute atomic E-state index is 0.0521. The van der Waals surface area contributed by atoms with Crippen LogP contribution in [0.15, 0.2) is 30.3 Å². The van der Waals surface area contributed by atoms with Crippen LogP contribution in [0.1, 0.15) is 26.3 Å². The summed E-state index contributed by atoms with van der Waals surface area (Å²) in [4.78, 5) is 25.0. The number of rotatable bonds is 3. The van der Waals surface area contributed by atoms with E-state index in [2.05, 4.69) is 5.32 Å². The van der Waals surface area contributed by atoms with Gasteiger partial charge in [0.15, 0.2) is 0 Å². The number of halogens is 1. The lowest BCUT2D eigenvalue weighted by Crippen LogP contribution is -2.42. The van der Waals surface area contributed by atoms with E-state index in [0.717, 1.165) is 5.56 Å². The number of amides is 2. The van der Waals surface area contributed by atoms with Crippen molar-refractivity contribution in [2.45, 2.75) is 45.2 Å². The number of hydrogen-bond donors (Lipinski definition) is 1. The highest BCUT2D eigenvalue weighted by Gasteiger charge is 2.38. The zero-order valence-electron chi connectivity index (χ0n) is 14.1. The van der Waals surface area contributed by atoms with Gasteiger partial charge in [-0.3, -0.25) is 0 Å². The van der Waals surface area contributed by atoms with E-state index in [0.29, 0.717) is 0 Å². The van der Waals surface area contributed by atoms with Crippen molar-refractivity contribution in [2.24, 2.45) is 0 Å². The maximum absolute atomic E-state index is 14.0. The Labute approximate surface area is 140 Å². The van der Waals surface area contributed by atoms with Gasteiger partial charge in [0.25, 0.3) is 0 Å². The second-order valence-corrected chi connectivity index (χ2v) is 6.71. The van der Waals surface area contributed by atoms with Gasteiger partial charge in [-0.1, -0.05) is 30.3 Å². The quantitative estimate of drug-likeness (QED) is 0.920. The van der Waals surface area contributed by atoms with Crippen molar-refractivity contribution in [2.75, 3.05) is 13.1 Å². The molecule has 0 aromatic heterocycles. The number of carbonyl (C=O) groups excluding carboxylic acids is 2. The smallest absolute Gasteiger partial charge is 0.410 e. The first kappa shape index (κ1) is 18.0. The summed E-state index contributed by atoms with van der Waals surface area (Å²) < 4.78 is 24.3.